The van der Waals surface area contributed by atoms with Crippen LogP contribution in [-0.2, 0) is 0 Å². The van der Waals surface area contributed by atoms with Crippen molar-refractivity contribution in [3.05, 3.63) is 157 Å². The SMILES string of the molecule is [2H]c1c([2H])c([2H])c(-c2ccccc2-c2c3c([2H])c([2H])c([2H])c([2H])c3c(-c3cccc(-n4c(C)nc5ccccc54)c3)c3c([2H])c([2H])c([2H])c([2H])c23)c([2H])c1[2H]. The Morgan fingerprint density at radius 2 is 1.14 bits per heavy atom. The van der Waals surface area contributed by atoms with E-state index in [4.69, 9.17) is 17.3 Å². The number of para-hydroxylation sites is 2. The summed E-state index contributed by atoms with van der Waals surface area (Å²) in [5.41, 5.74) is 2.87. The molecule has 198 valence electrons. The molecule has 0 fully saturated rings. The van der Waals surface area contributed by atoms with Crippen LogP contribution < -0.4 is 0 Å². The number of rotatable bonds is 4. The van der Waals surface area contributed by atoms with Gasteiger partial charge in [0, 0.05) is 5.69 Å². The van der Waals surface area contributed by atoms with Gasteiger partial charge < -0.3 is 0 Å². The zero-order valence-electron chi connectivity index (χ0n) is 35.3. The van der Waals surface area contributed by atoms with Crippen molar-refractivity contribution in [2.75, 3.05) is 0 Å². The van der Waals surface area contributed by atoms with Gasteiger partial charge in [0.15, 0.2) is 0 Å². The van der Waals surface area contributed by atoms with E-state index in [9.17, 15) is 5.48 Å². The van der Waals surface area contributed by atoms with E-state index < -0.39 is 78.6 Å². The molecular formula is C40H28N2. The van der Waals surface area contributed by atoms with Crippen molar-refractivity contribution in [2.24, 2.45) is 0 Å². The van der Waals surface area contributed by atoms with Gasteiger partial charge in [-0.1, -0.05) is 127 Å². The molecule has 0 N–H and O–H groups in total. The molecule has 0 radical (unpaired) electrons. The third-order valence-corrected chi connectivity index (χ3v) is 7.46. The molecule has 0 bridgehead atoms. The van der Waals surface area contributed by atoms with Crippen LogP contribution >= 0.6 is 0 Å². The van der Waals surface area contributed by atoms with E-state index in [1.54, 1.807) is 36.4 Å². The number of hydrogen-bond acceptors (Lipinski definition) is 1. The highest BCUT2D eigenvalue weighted by atomic mass is 15.1. The zero-order valence-corrected chi connectivity index (χ0v) is 22.3. The van der Waals surface area contributed by atoms with E-state index in [-0.39, 0.29) is 49.4 Å². The minimum absolute atomic E-state index is 0.00256. The largest absolute Gasteiger partial charge is 0.297 e. The molecule has 0 aliphatic heterocycles. The van der Waals surface area contributed by atoms with Crippen molar-refractivity contribution in [1.29, 1.82) is 0 Å². The molecule has 42 heavy (non-hydrogen) atoms. The Labute approximate surface area is 263 Å². The molecule has 0 unspecified atom stereocenters. The third kappa shape index (κ3) is 3.84. The maximum atomic E-state index is 9.35. The number of aromatic nitrogens is 2. The lowest BCUT2D eigenvalue weighted by Crippen LogP contribution is -1.98. The van der Waals surface area contributed by atoms with Crippen molar-refractivity contribution in [1.82, 2.24) is 9.55 Å². The maximum absolute atomic E-state index is 9.35. The predicted octanol–water partition coefficient (Wildman–Crippen LogP) is 10.6. The highest BCUT2D eigenvalue weighted by Crippen LogP contribution is 2.46. The molecule has 0 saturated heterocycles. The molecule has 1 heterocycles. The van der Waals surface area contributed by atoms with Crippen molar-refractivity contribution >= 4 is 32.6 Å². The van der Waals surface area contributed by atoms with Gasteiger partial charge in [-0.15, -0.1) is 0 Å². The van der Waals surface area contributed by atoms with Gasteiger partial charge in [-0.05, 0) is 86.1 Å². The smallest absolute Gasteiger partial charge is 0.111 e. The van der Waals surface area contributed by atoms with Crippen LogP contribution in [0, 0.1) is 6.92 Å². The van der Waals surface area contributed by atoms with E-state index >= 15 is 0 Å². The van der Waals surface area contributed by atoms with E-state index in [0.29, 0.717) is 17.1 Å². The summed E-state index contributed by atoms with van der Waals surface area (Å²) in [5.74, 6) is 0.677. The van der Waals surface area contributed by atoms with E-state index in [0.717, 1.165) is 11.0 Å². The van der Waals surface area contributed by atoms with Gasteiger partial charge in [-0.2, -0.15) is 0 Å². The van der Waals surface area contributed by atoms with Gasteiger partial charge in [-0.25, -0.2) is 4.98 Å². The maximum Gasteiger partial charge on any atom is 0.111 e. The normalized spacial score (nSPS) is 15.8. The fourth-order valence-corrected chi connectivity index (χ4v) is 5.76. The summed E-state index contributed by atoms with van der Waals surface area (Å²) in [5, 5.41) is -0.154. The molecule has 0 aliphatic rings. The van der Waals surface area contributed by atoms with Crippen LogP contribution in [0.1, 0.15) is 23.6 Å². The number of benzene rings is 7. The highest BCUT2D eigenvalue weighted by Gasteiger charge is 2.19. The summed E-state index contributed by atoms with van der Waals surface area (Å²) in [6.45, 7) is 1.85. The summed E-state index contributed by atoms with van der Waals surface area (Å²) in [7, 11) is 0. The average Bonchev–Trinajstić information content (AvgIpc) is 3.53. The van der Waals surface area contributed by atoms with Gasteiger partial charge in [0.05, 0.1) is 28.9 Å². The van der Waals surface area contributed by atoms with Crippen molar-refractivity contribution in [3.8, 4) is 39.1 Å². The lowest BCUT2D eigenvalue weighted by Gasteiger charge is -2.20. The quantitative estimate of drug-likeness (QED) is 0.200. The monoisotopic (exact) mass is 549 g/mol. The second-order valence-corrected chi connectivity index (χ2v) is 9.83. The summed E-state index contributed by atoms with van der Waals surface area (Å²) < 4.78 is 117. The first-order valence-corrected chi connectivity index (χ1v) is 13.3. The Bertz CT molecular complexity index is 2880. The molecule has 0 amide bonds. The molecule has 7 aromatic carbocycles. The van der Waals surface area contributed by atoms with Crippen LogP contribution in [-0.4, -0.2) is 9.55 Å². The van der Waals surface area contributed by atoms with Crippen molar-refractivity contribution in [2.45, 2.75) is 6.92 Å². The molecule has 8 aromatic rings. The van der Waals surface area contributed by atoms with E-state index in [1.807, 2.05) is 41.8 Å². The first kappa shape index (κ1) is 14.4. The van der Waals surface area contributed by atoms with Gasteiger partial charge in [0.1, 0.15) is 5.82 Å². The van der Waals surface area contributed by atoms with Gasteiger partial charge in [0.2, 0.25) is 0 Å². The summed E-state index contributed by atoms with van der Waals surface area (Å²) >= 11 is 0. The Hall–Kier alpha value is -5.47. The first-order chi connectivity index (χ1) is 26.2. The Balaban J connectivity index is 1.61. The minimum Gasteiger partial charge on any atom is -0.297 e. The Morgan fingerprint density at radius 1 is 0.548 bits per heavy atom. The van der Waals surface area contributed by atoms with Crippen LogP contribution in [0.5, 0.6) is 0 Å². The molecule has 0 atom stereocenters. The average molecular weight is 550 g/mol. The third-order valence-electron chi connectivity index (χ3n) is 7.46. The van der Waals surface area contributed by atoms with Crippen LogP contribution in [0.15, 0.2) is 151 Å². The molecule has 0 aliphatic carbocycles. The fraction of sp³-hybridized carbons (Fsp3) is 0.0250. The molecular weight excluding hydrogens is 508 g/mol. The van der Waals surface area contributed by atoms with E-state index in [1.165, 1.54) is 6.07 Å². The summed E-state index contributed by atoms with van der Waals surface area (Å²) in [6.07, 6.45) is 0. The van der Waals surface area contributed by atoms with Crippen LogP contribution in [0.25, 0.3) is 71.6 Å². The molecule has 8 rings (SSSR count). The lowest BCUT2D eigenvalue weighted by molar-refractivity contribution is 1.00. The molecule has 1 aromatic heterocycles. The molecule has 0 saturated carbocycles. The van der Waals surface area contributed by atoms with E-state index in [2.05, 4.69) is 0 Å². The van der Waals surface area contributed by atoms with Gasteiger partial charge in [0.25, 0.3) is 0 Å². The highest BCUT2D eigenvalue weighted by molar-refractivity contribution is 6.22. The standard InChI is InChI=1S/C40H28N2/c1-27-41-37-24-11-12-25-38(37)42(27)30-17-13-16-29(26-30)39-33-20-7-9-22-35(33)40(36-23-10-8-21-34(36)39)32-19-6-5-18-31(32)28-14-3-2-4-15-28/h2-26H,1H3/i2D,3D,4D,7D,8D,9D,10D,14D,15D,20D,21D,22D,23D. The topological polar surface area (TPSA) is 17.8 Å². The molecule has 2 nitrogen and oxygen atoms in total. The number of imidazole rings is 1. The molecule has 2 heteroatoms. The van der Waals surface area contributed by atoms with Crippen LogP contribution in [0.3, 0.4) is 0 Å². The number of fused-ring (bicyclic) bond motifs is 3. The van der Waals surface area contributed by atoms with Crippen LogP contribution in [0.2, 0.25) is 0 Å². The second kappa shape index (κ2) is 9.87. The zero-order chi connectivity index (χ0) is 39.4. The minimum atomic E-state index is -0.596. The van der Waals surface area contributed by atoms with Crippen LogP contribution in [0.4, 0.5) is 0 Å². The van der Waals surface area contributed by atoms with Gasteiger partial charge >= 0.3 is 0 Å². The summed E-state index contributed by atoms with van der Waals surface area (Å²) in [4.78, 5) is 4.69. The number of hydrogen-bond donors (Lipinski definition) is 0. The number of nitrogens with zero attached hydrogens (tertiary/aromatic N) is 2. The lowest BCUT2D eigenvalue weighted by atomic mass is 9.84. The Kier molecular flexibility index (Phi) is 3.39. The van der Waals surface area contributed by atoms with Gasteiger partial charge in [-0.3, -0.25) is 4.57 Å². The van der Waals surface area contributed by atoms with Crippen molar-refractivity contribution < 1.29 is 17.8 Å². The summed E-state index contributed by atoms with van der Waals surface area (Å²) in [6, 6.07) is 14.0. The number of aryl methyl sites for hydroxylation is 1. The van der Waals surface area contributed by atoms with Crippen molar-refractivity contribution in [3.63, 3.8) is 0 Å². The fourth-order valence-electron chi connectivity index (χ4n) is 5.76. The molecule has 0 spiro atoms. The Morgan fingerprint density at radius 3 is 1.86 bits per heavy atom. The second-order valence-electron chi connectivity index (χ2n) is 9.83. The first-order valence-electron chi connectivity index (χ1n) is 19.8. The predicted molar refractivity (Wildman–Crippen MR) is 177 cm³/mol.